The molecule has 4 heteroatoms. The Morgan fingerprint density at radius 2 is 1.70 bits per heavy atom. The molecule has 0 heterocycles. The van der Waals surface area contributed by atoms with E-state index < -0.39 is 0 Å². The molecule has 1 aromatic carbocycles. The van der Waals surface area contributed by atoms with E-state index >= 15 is 0 Å². The van der Waals surface area contributed by atoms with Gasteiger partial charge in [0.2, 0.25) is 11.8 Å². The second kappa shape index (κ2) is 8.15. The first-order valence-electron chi connectivity index (χ1n) is 6.79. The highest BCUT2D eigenvalue weighted by Gasteiger charge is 2.04. The maximum absolute atomic E-state index is 11.6. The van der Waals surface area contributed by atoms with Gasteiger partial charge in [-0.15, -0.1) is 0 Å². The molecule has 0 unspecified atom stereocenters. The van der Waals surface area contributed by atoms with Gasteiger partial charge in [0.05, 0.1) is 0 Å². The zero-order valence-electron chi connectivity index (χ0n) is 12.3. The first-order chi connectivity index (χ1) is 9.49. The Hall–Kier alpha value is -2.10. The van der Waals surface area contributed by atoms with Gasteiger partial charge >= 0.3 is 0 Å². The van der Waals surface area contributed by atoms with E-state index in [-0.39, 0.29) is 17.7 Å². The number of carbonyl (C=O) groups is 2. The molecule has 0 aliphatic carbocycles. The molecule has 108 valence electrons. The second-order valence-corrected chi connectivity index (χ2v) is 4.98. The van der Waals surface area contributed by atoms with Crippen molar-refractivity contribution in [1.82, 2.24) is 10.6 Å². The first-order valence-corrected chi connectivity index (χ1v) is 6.79. The third kappa shape index (κ3) is 6.18. The van der Waals surface area contributed by atoms with Gasteiger partial charge in [0.1, 0.15) is 0 Å². The van der Waals surface area contributed by atoms with E-state index in [2.05, 4.69) is 10.6 Å². The van der Waals surface area contributed by atoms with Gasteiger partial charge in [0, 0.05) is 25.1 Å². The predicted octanol–water partition coefficient (Wildman–Crippen LogP) is 1.90. The van der Waals surface area contributed by atoms with Crippen molar-refractivity contribution in [2.24, 2.45) is 5.92 Å². The summed E-state index contributed by atoms with van der Waals surface area (Å²) in [5.41, 5.74) is 2.17. The molecule has 0 spiro atoms. The fraction of sp³-hybridized carbons (Fsp3) is 0.375. The van der Waals surface area contributed by atoms with Crippen LogP contribution < -0.4 is 10.6 Å². The van der Waals surface area contributed by atoms with Gasteiger partial charge in [-0.3, -0.25) is 9.59 Å². The van der Waals surface area contributed by atoms with Crippen LogP contribution in [0.4, 0.5) is 0 Å². The topological polar surface area (TPSA) is 58.2 Å². The van der Waals surface area contributed by atoms with Gasteiger partial charge in [-0.25, -0.2) is 0 Å². The quantitative estimate of drug-likeness (QED) is 0.615. The standard InChI is InChI=1S/C16H22N2O2/c1-12(2)16(20)18-11-10-17-15(19)9-8-14-6-4-13(3)5-7-14/h4-9,12H,10-11H2,1-3H3,(H,17,19)(H,18,20). The second-order valence-electron chi connectivity index (χ2n) is 4.98. The van der Waals surface area contributed by atoms with Crippen molar-refractivity contribution in [3.8, 4) is 0 Å². The number of hydrogen-bond acceptors (Lipinski definition) is 2. The summed E-state index contributed by atoms with van der Waals surface area (Å²) in [6.07, 6.45) is 3.26. The number of hydrogen-bond donors (Lipinski definition) is 2. The molecule has 4 nitrogen and oxygen atoms in total. The Balaban J connectivity index is 2.26. The van der Waals surface area contributed by atoms with Crippen molar-refractivity contribution in [1.29, 1.82) is 0 Å². The molecule has 0 aliphatic rings. The lowest BCUT2D eigenvalue weighted by molar-refractivity contribution is -0.124. The van der Waals surface area contributed by atoms with Gasteiger partial charge in [0.15, 0.2) is 0 Å². The van der Waals surface area contributed by atoms with Gasteiger partial charge in [-0.1, -0.05) is 43.7 Å². The summed E-state index contributed by atoms with van der Waals surface area (Å²) in [5.74, 6) is -0.203. The third-order valence-electron chi connectivity index (χ3n) is 2.75. The molecule has 1 aromatic rings. The lowest BCUT2D eigenvalue weighted by Crippen LogP contribution is -2.35. The zero-order valence-corrected chi connectivity index (χ0v) is 12.3. The highest BCUT2D eigenvalue weighted by atomic mass is 16.2. The molecule has 0 atom stereocenters. The van der Waals surface area contributed by atoms with Crippen molar-refractivity contribution >= 4 is 17.9 Å². The minimum absolute atomic E-state index is 0.00514. The first kappa shape index (κ1) is 16.0. The Labute approximate surface area is 120 Å². The Morgan fingerprint density at radius 3 is 2.30 bits per heavy atom. The van der Waals surface area contributed by atoms with Crippen molar-refractivity contribution in [3.05, 3.63) is 41.5 Å². The summed E-state index contributed by atoms with van der Waals surface area (Å²) in [7, 11) is 0. The summed E-state index contributed by atoms with van der Waals surface area (Å²) >= 11 is 0. The number of nitrogens with one attached hydrogen (secondary N) is 2. The average Bonchev–Trinajstić information content (AvgIpc) is 2.42. The SMILES string of the molecule is Cc1ccc(C=CC(=O)NCCNC(=O)C(C)C)cc1. The largest absolute Gasteiger partial charge is 0.354 e. The number of rotatable bonds is 6. The number of benzene rings is 1. The zero-order chi connectivity index (χ0) is 15.0. The average molecular weight is 274 g/mol. The van der Waals surface area contributed by atoms with Crippen LogP contribution in [0.3, 0.4) is 0 Å². The summed E-state index contributed by atoms with van der Waals surface area (Å²) in [6.45, 7) is 6.55. The molecular weight excluding hydrogens is 252 g/mol. The predicted molar refractivity (Wildman–Crippen MR) is 81.1 cm³/mol. The van der Waals surface area contributed by atoms with Crippen molar-refractivity contribution < 1.29 is 9.59 Å². The lowest BCUT2D eigenvalue weighted by atomic mass is 10.1. The lowest BCUT2D eigenvalue weighted by Gasteiger charge is -2.07. The van der Waals surface area contributed by atoms with E-state index in [4.69, 9.17) is 0 Å². The summed E-state index contributed by atoms with van der Waals surface area (Å²) in [6, 6.07) is 7.92. The number of carbonyl (C=O) groups excluding carboxylic acids is 2. The monoisotopic (exact) mass is 274 g/mol. The maximum Gasteiger partial charge on any atom is 0.244 e. The van der Waals surface area contributed by atoms with Crippen LogP contribution in [0.2, 0.25) is 0 Å². The molecule has 20 heavy (non-hydrogen) atoms. The van der Waals surface area contributed by atoms with Gasteiger partial charge in [-0.2, -0.15) is 0 Å². The molecule has 0 aromatic heterocycles. The van der Waals surface area contributed by atoms with Crippen LogP contribution in [-0.4, -0.2) is 24.9 Å². The van der Waals surface area contributed by atoms with Gasteiger partial charge < -0.3 is 10.6 Å². The molecular formula is C16H22N2O2. The minimum atomic E-state index is -0.163. The highest BCUT2D eigenvalue weighted by Crippen LogP contribution is 2.04. The molecule has 2 amide bonds. The van der Waals surface area contributed by atoms with E-state index in [0.717, 1.165) is 5.56 Å². The summed E-state index contributed by atoms with van der Waals surface area (Å²) < 4.78 is 0. The molecule has 0 saturated carbocycles. The van der Waals surface area contributed by atoms with Gasteiger partial charge in [0.25, 0.3) is 0 Å². The van der Waals surface area contributed by atoms with Crippen LogP contribution in [0.15, 0.2) is 30.3 Å². The molecule has 0 saturated heterocycles. The van der Waals surface area contributed by atoms with E-state index in [1.165, 1.54) is 11.6 Å². The van der Waals surface area contributed by atoms with Crippen LogP contribution in [-0.2, 0) is 9.59 Å². The molecule has 0 aliphatic heterocycles. The van der Waals surface area contributed by atoms with E-state index in [0.29, 0.717) is 13.1 Å². The number of amides is 2. The summed E-state index contributed by atoms with van der Waals surface area (Å²) in [5, 5.41) is 5.46. The Kier molecular flexibility index (Phi) is 6.50. The Morgan fingerprint density at radius 1 is 1.10 bits per heavy atom. The fourth-order valence-corrected chi connectivity index (χ4v) is 1.48. The molecule has 2 N–H and O–H groups in total. The fourth-order valence-electron chi connectivity index (χ4n) is 1.48. The van der Waals surface area contributed by atoms with Crippen LogP contribution >= 0.6 is 0 Å². The Bertz CT molecular complexity index is 476. The van der Waals surface area contributed by atoms with Crippen LogP contribution in [0.25, 0.3) is 6.08 Å². The molecule has 1 rings (SSSR count). The number of aryl methyl sites for hydroxylation is 1. The molecule has 0 fully saturated rings. The van der Waals surface area contributed by atoms with E-state index in [1.807, 2.05) is 45.0 Å². The highest BCUT2D eigenvalue weighted by molar-refractivity contribution is 5.91. The van der Waals surface area contributed by atoms with Crippen molar-refractivity contribution in [2.45, 2.75) is 20.8 Å². The van der Waals surface area contributed by atoms with Crippen molar-refractivity contribution in [2.75, 3.05) is 13.1 Å². The van der Waals surface area contributed by atoms with Crippen LogP contribution in [0, 0.1) is 12.8 Å². The van der Waals surface area contributed by atoms with E-state index in [9.17, 15) is 9.59 Å². The third-order valence-corrected chi connectivity index (χ3v) is 2.75. The van der Waals surface area contributed by atoms with Crippen LogP contribution in [0.5, 0.6) is 0 Å². The van der Waals surface area contributed by atoms with Gasteiger partial charge in [-0.05, 0) is 18.6 Å². The molecule has 0 bridgehead atoms. The normalized spacial score (nSPS) is 10.8. The molecule has 0 radical (unpaired) electrons. The van der Waals surface area contributed by atoms with E-state index in [1.54, 1.807) is 6.08 Å². The maximum atomic E-state index is 11.6. The minimum Gasteiger partial charge on any atom is -0.354 e. The van der Waals surface area contributed by atoms with Crippen molar-refractivity contribution in [3.63, 3.8) is 0 Å². The van der Waals surface area contributed by atoms with Crippen LogP contribution in [0.1, 0.15) is 25.0 Å². The smallest absolute Gasteiger partial charge is 0.244 e. The summed E-state index contributed by atoms with van der Waals surface area (Å²) in [4.78, 5) is 22.8.